The summed E-state index contributed by atoms with van der Waals surface area (Å²) in [6.07, 6.45) is 3.97. The highest BCUT2D eigenvalue weighted by molar-refractivity contribution is 8.13. The van der Waals surface area contributed by atoms with Crippen LogP contribution in [0.25, 0.3) is 0 Å². The van der Waals surface area contributed by atoms with Gasteiger partial charge in [0.2, 0.25) is 0 Å². The SMILES string of the molecule is CC(C)c1[nH]nc(C(=O)NC2CCCC2)c1S(=O)(=O)Cl. The maximum atomic E-state index is 12.2. The summed E-state index contributed by atoms with van der Waals surface area (Å²) in [4.78, 5) is 12.0. The number of hydrogen-bond acceptors (Lipinski definition) is 4. The third kappa shape index (κ3) is 3.15. The van der Waals surface area contributed by atoms with Gasteiger partial charge in [-0.15, -0.1) is 0 Å². The van der Waals surface area contributed by atoms with Crippen molar-refractivity contribution in [2.24, 2.45) is 0 Å². The number of nitrogens with zero attached hydrogens (tertiary/aromatic N) is 1. The van der Waals surface area contributed by atoms with Crippen molar-refractivity contribution in [3.8, 4) is 0 Å². The number of hydrogen-bond donors (Lipinski definition) is 2. The van der Waals surface area contributed by atoms with E-state index in [9.17, 15) is 13.2 Å². The molecule has 8 heteroatoms. The Morgan fingerprint density at radius 2 is 2.00 bits per heavy atom. The van der Waals surface area contributed by atoms with Gasteiger partial charge in [-0.25, -0.2) is 8.42 Å². The molecule has 2 rings (SSSR count). The molecule has 0 spiro atoms. The number of aromatic amines is 1. The first kappa shape index (κ1) is 15.3. The topological polar surface area (TPSA) is 91.9 Å². The number of H-pyrrole nitrogens is 1. The summed E-state index contributed by atoms with van der Waals surface area (Å²) < 4.78 is 23.4. The molecule has 1 fully saturated rings. The van der Waals surface area contributed by atoms with E-state index >= 15 is 0 Å². The molecule has 6 nitrogen and oxygen atoms in total. The smallest absolute Gasteiger partial charge is 0.273 e. The van der Waals surface area contributed by atoms with Crippen molar-refractivity contribution in [1.29, 1.82) is 0 Å². The van der Waals surface area contributed by atoms with Gasteiger partial charge in [0.25, 0.3) is 15.0 Å². The van der Waals surface area contributed by atoms with Crippen LogP contribution in [0.5, 0.6) is 0 Å². The van der Waals surface area contributed by atoms with Crippen molar-refractivity contribution in [2.75, 3.05) is 0 Å². The lowest BCUT2D eigenvalue weighted by Gasteiger charge is -2.11. The molecule has 0 saturated heterocycles. The lowest BCUT2D eigenvalue weighted by molar-refractivity contribution is 0.0929. The minimum absolute atomic E-state index is 0.0904. The van der Waals surface area contributed by atoms with Gasteiger partial charge in [0.1, 0.15) is 4.90 Å². The third-order valence-corrected chi connectivity index (χ3v) is 4.84. The fourth-order valence-electron chi connectivity index (χ4n) is 2.46. The van der Waals surface area contributed by atoms with E-state index in [0.29, 0.717) is 5.69 Å². The first-order valence-electron chi connectivity index (χ1n) is 6.64. The Kier molecular flexibility index (Phi) is 4.39. The van der Waals surface area contributed by atoms with E-state index in [1.807, 2.05) is 0 Å². The number of carbonyl (C=O) groups is 1. The number of amides is 1. The van der Waals surface area contributed by atoms with Gasteiger partial charge in [0.15, 0.2) is 5.69 Å². The van der Waals surface area contributed by atoms with Crippen molar-refractivity contribution in [2.45, 2.75) is 56.4 Å². The fraction of sp³-hybridized carbons (Fsp3) is 0.667. The van der Waals surface area contributed by atoms with Crippen molar-refractivity contribution < 1.29 is 13.2 Å². The van der Waals surface area contributed by atoms with Crippen molar-refractivity contribution in [3.63, 3.8) is 0 Å². The lowest BCUT2D eigenvalue weighted by Crippen LogP contribution is -2.33. The van der Waals surface area contributed by atoms with Gasteiger partial charge in [-0.3, -0.25) is 9.89 Å². The molecule has 0 aromatic carbocycles. The lowest BCUT2D eigenvalue weighted by atomic mass is 10.1. The van der Waals surface area contributed by atoms with Crippen LogP contribution in [-0.4, -0.2) is 30.6 Å². The highest BCUT2D eigenvalue weighted by atomic mass is 35.7. The Bertz CT molecular complexity index is 603. The zero-order valence-corrected chi connectivity index (χ0v) is 13.0. The van der Waals surface area contributed by atoms with Crippen LogP contribution in [0.3, 0.4) is 0 Å². The number of carbonyl (C=O) groups excluding carboxylic acids is 1. The second-order valence-corrected chi connectivity index (χ2v) is 7.87. The average molecular weight is 320 g/mol. The Labute approximate surface area is 122 Å². The normalized spacial score (nSPS) is 16.8. The quantitative estimate of drug-likeness (QED) is 0.832. The zero-order valence-electron chi connectivity index (χ0n) is 11.4. The van der Waals surface area contributed by atoms with Gasteiger partial charge in [-0.1, -0.05) is 26.7 Å². The molecule has 20 heavy (non-hydrogen) atoms. The molecule has 1 heterocycles. The second kappa shape index (κ2) is 5.73. The van der Waals surface area contributed by atoms with Crippen molar-refractivity contribution in [3.05, 3.63) is 11.4 Å². The van der Waals surface area contributed by atoms with Gasteiger partial charge in [0.05, 0.1) is 5.69 Å². The molecule has 0 radical (unpaired) electrons. The third-order valence-electron chi connectivity index (χ3n) is 3.47. The van der Waals surface area contributed by atoms with E-state index < -0.39 is 15.0 Å². The maximum Gasteiger partial charge on any atom is 0.273 e. The number of aromatic nitrogens is 2. The molecular formula is C12H18ClN3O3S. The Hall–Kier alpha value is -1.08. The van der Waals surface area contributed by atoms with E-state index in [0.717, 1.165) is 25.7 Å². The van der Waals surface area contributed by atoms with Crippen LogP contribution in [0.15, 0.2) is 4.90 Å². The molecule has 2 N–H and O–H groups in total. The molecule has 0 bridgehead atoms. The predicted octanol–water partition coefficient (Wildman–Crippen LogP) is 2.13. The summed E-state index contributed by atoms with van der Waals surface area (Å²) in [7, 11) is 1.42. The standard InChI is InChI=1S/C12H18ClN3O3S/c1-7(2)9-11(20(13,18)19)10(16-15-9)12(17)14-8-5-3-4-6-8/h7-8H,3-6H2,1-2H3,(H,14,17)(H,15,16). The minimum atomic E-state index is -4.03. The number of halogens is 1. The molecule has 112 valence electrons. The Morgan fingerprint density at radius 1 is 1.40 bits per heavy atom. The molecule has 1 aliphatic carbocycles. The fourth-order valence-corrected chi connectivity index (χ4v) is 3.84. The highest BCUT2D eigenvalue weighted by Crippen LogP contribution is 2.28. The number of rotatable bonds is 4. The summed E-state index contributed by atoms with van der Waals surface area (Å²) >= 11 is 0. The van der Waals surface area contributed by atoms with Crippen LogP contribution in [0.2, 0.25) is 0 Å². The summed E-state index contributed by atoms with van der Waals surface area (Å²) in [5, 5.41) is 9.27. The molecular weight excluding hydrogens is 302 g/mol. The first-order valence-corrected chi connectivity index (χ1v) is 8.95. The van der Waals surface area contributed by atoms with Crippen LogP contribution in [0.1, 0.15) is 61.6 Å². The van der Waals surface area contributed by atoms with Crippen LogP contribution >= 0.6 is 10.7 Å². The van der Waals surface area contributed by atoms with E-state index in [4.69, 9.17) is 10.7 Å². The predicted molar refractivity (Wildman–Crippen MR) is 75.4 cm³/mol. The molecule has 1 aliphatic rings. The summed E-state index contributed by atoms with van der Waals surface area (Å²) in [6.45, 7) is 3.61. The van der Waals surface area contributed by atoms with Gasteiger partial charge >= 0.3 is 0 Å². The summed E-state index contributed by atoms with van der Waals surface area (Å²) in [5.41, 5.74) is 0.215. The Balaban J connectivity index is 2.33. The zero-order chi connectivity index (χ0) is 14.9. The molecule has 0 unspecified atom stereocenters. The number of nitrogens with one attached hydrogen (secondary N) is 2. The molecule has 0 aliphatic heterocycles. The molecule has 1 aromatic heterocycles. The van der Waals surface area contributed by atoms with Crippen LogP contribution < -0.4 is 5.32 Å². The highest BCUT2D eigenvalue weighted by Gasteiger charge is 2.30. The minimum Gasteiger partial charge on any atom is -0.348 e. The second-order valence-electron chi connectivity index (χ2n) is 5.36. The van der Waals surface area contributed by atoms with Crippen LogP contribution in [-0.2, 0) is 9.05 Å². The van der Waals surface area contributed by atoms with Gasteiger partial charge in [-0.2, -0.15) is 5.10 Å². The molecule has 1 saturated carbocycles. The first-order chi connectivity index (χ1) is 9.30. The van der Waals surface area contributed by atoms with E-state index in [1.54, 1.807) is 13.8 Å². The Morgan fingerprint density at radius 3 is 2.50 bits per heavy atom. The monoisotopic (exact) mass is 319 g/mol. The molecule has 0 atom stereocenters. The molecule has 1 aromatic rings. The van der Waals surface area contributed by atoms with Gasteiger partial charge < -0.3 is 5.32 Å². The van der Waals surface area contributed by atoms with E-state index in [-0.39, 0.29) is 22.5 Å². The van der Waals surface area contributed by atoms with Gasteiger partial charge in [-0.05, 0) is 18.8 Å². The van der Waals surface area contributed by atoms with Crippen LogP contribution in [0, 0.1) is 0 Å². The molecule has 1 amide bonds. The van der Waals surface area contributed by atoms with Crippen molar-refractivity contribution in [1.82, 2.24) is 15.5 Å². The summed E-state index contributed by atoms with van der Waals surface area (Å²) in [6, 6.07) is 0.0904. The van der Waals surface area contributed by atoms with Crippen molar-refractivity contribution >= 4 is 25.6 Å². The van der Waals surface area contributed by atoms with E-state index in [1.165, 1.54) is 0 Å². The van der Waals surface area contributed by atoms with E-state index in [2.05, 4.69) is 15.5 Å². The summed E-state index contributed by atoms with van der Waals surface area (Å²) in [5.74, 6) is -0.613. The van der Waals surface area contributed by atoms with Crippen LogP contribution in [0.4, 0.5) is 0 Å². The largest absolute Gasteiger partial charge is 0.348 e. The average Bonchev–Trinajstić information content (AvgIpc) is 2.95. The maximum absolute atomic E-state index is 12.2. The van der Waals surface area contributed by atoms with Gasteiger partial charge in [0, 0.05) is 16.7 Å².